The molecule has 0 bridgehead atoms. The Balaban J connectivity index is 2.11. The zero-order valence-corrected chi connectivity index (χ0v) is 12.4. The van der Waals surface area contributed by atoms with Crippen molar-refractivity contribution in [1.29, 1.82) is 0 Å². The number of benzene rings is 2. The fourth-order valence-electron chi connectivity index (χ4n) is 3.07. The Kier molecular flexibility index (Phi) is 3.93. The third kappa shape index (κ3) is 2.66. The molecule has 2 aromatic rings. The van der Waals surface area contributed by atoms with Crippen LogP contribution in [0.1, 0.15) is 35.3 Å². The van der Waals surface area contributed by atoms with Gasteiger partial charge in [0.1, 0.15) is 5.75 Å². The molecule has 0 amide bonds. The van der Waals surface area contributed by atoms with E-state index in [1.165, 1.54) is 5.56 Å². The van der Waals surface area contributed by atoms with Gasteiger partial charge in [0, 0.05) is 18.0 Å². The summed E-state index contributed by atoms with van der Waals surface area (Å²) in [6, 6.07) is 16.1. The SMILES string of the molecule is COc1ccc2c(c1)C(F)N(C)CCC2c1ccccc1. The van der Waals surface area contributed by atoms with Crippen molar-refractivity contribution in [2.75, 3.05) is 20.7 Å². The second-order valence-corrected chi connectivity index (χ2v) is 5.56. The standard InChI is InChI=1S/C18H20FNO/c1-20-11-10-15(13-6-4-3-5-7-13)16-9-8-14(21-2)12-17(16)18(20)19/h3-9,12,15,18H,10-11H2,1-2H3. The molecule has 21 heavy (non-hydrogen) atoms. The Morgan fingerprint density at radius 3 is 2.57 bits per heavy atom. The average Bonchev–Trinajstić information content (AvgIpc) is 2.66. The van der Waals surface area contributed by atoms with Gasteiger partial charge in [-0.3, -0.25) is 4.90 Å². The van der Waals surface area contributed by atoms with E-state index in [1.54, 1.807) is 12.0 Å². The highest BCUT2D eigenvalue weighted by molar-refractivity contribution is 5.44. The van der Waals surface area contributed by atoms with Gasteiger partial charge < -0.3 is 4.74 Å². The summed E-state index contributed by atoms with van der Waals surface area (Å²) in [7, 11) is 3.45. The van der Waals surface area contributed by atoms with Crippen molar-refractivity contribution in [3.8, 4) is 5.75 Å². The van der Waals surface area contributed by atoms with Crippen LogP contribution in [0.3, 0.4) is 0 Å². The molecule has 2 unspecified atom stereocenters. The van der Waals surface area contributed by atoms with E-state index < -0.39 is 6.30 Å². The highest BCUT2D eigenvalue weighted by Crippen LogP contribution is 2.40. The first kappa shape index (κ1) is 14.1. The predicted molar refractivity (Wildman–Crippen MR) is 82.4 cm³/mol. The van der Waals surface area contributed by atoms with Gasteiger partial charge in [-0.15, -0.1) is 0 Å². The van der Waals surface area contributed by atoms with Crippen LogP contribution in [0.25, 0.3) is 0 Å². The van der Waals surface area contributed by atoms with Crippen LogP contribution in [0.2, 0.25) is 0 Å². The van der Waals surface area contributed by atoms with E-state index in [-0.39, 0.29) is 5.92 Å². The first-order valence-corrected chi connectivity index (χ1v) is 7.28. The van der Waals surface area contributed by atoms with E-state index in [9.17, 15) is 4.39 Å². The second kappa shape index (κ2) is 5.86. The number of methoxy groups -OCH3 is 1. The molecule has 110 valence electrons. The molecule has 1 aliphatic heterocycles. The van der Waals surface area contributed by atoms with E-state index in [0.29, 0.717) is 5.75 Å². The molecule has 0 saturated heterocycles. The summed E-state index contributed by atoms with van der Waals surface area (Å²) in [5.41, 5.74) is 3.04. The summed E-state index contributed by atoms with van der Waals surface area (Å²) in [6.07, 6.45) is -0.163. The van der Waals surface area contributed by atoms with Gasteiger partial charge in [0.25, 0.3) is 0 Å². The third-order valence-corrected chi connectivity index (χ3v) is 4.29. The van der Waals surface area contributed by atoms with Crippen LogP contribution in [0.15, 0.2) is 48.5 Å². The Hall–Kier alpha value is -1.87. The molecule has 0 N–H and O–H groups in total. The van der Waals surface area contributed by atoms with Gasteiger partial charge >= 0.3 is 0 Å². The largest absolute Gasteiger partial charge is 0.497 e. The van der Waals surface area contributed by atoms with Crippen LogP contribution < -0.4 is 4.74 Å². The lowest BCUT2D eigenvalue weighted by molar-refractivity contribution is 0.114. The van der Waals surface area contributed by atoms with Gasteiger partial charge in [0.15, 0.2) is 6.30 Å². The minimum atomic E-state index is -1.08. The molecule has 2 aromatic carbocycles. The molecule has 2 atom stereocenters. The Bertz CT molecular complexity index is 614. The van der Waals surface area contributed by atoms with E-state index in [1.807, 2.05) is 43.4 Å². The smallest absolute Gasteiger partial charge is 0.179 e. The summed E-state index contributed by atoms with van der Waals surface area (Å²) < 4.78 is 20.0. The minimum Gasteiger partial charge on any atom is -0.497 e. The molecule has 3 heteroatoms. The third-order valence-electron chi connectivity index (χ3n) is 4.29. The summed E-state index contributed by atoms with van der Waals surface area (Å²) in [4.78, 5) is 1.77. The normalized spacial score (nSPS) is 22.4. The molecule has 1 aliphatic rings. The highest BCUT2D eigenvalue weighted by atomic mass is 19.1. The molecule has 0 fully saturated rings. The van der Waals surface area contributed by atoms with Crippen molar-refractivity contribution < 1.29 is 9.13 Å². The van der Waals surface area contributed by atoms with E-state index in [0.717, 1.165) is 24.1 Å². The summed E-state index contributed by atoms with van der Waals surface area (Å²) in [6.45, 7) is 0.734. The Morgan fingerprint density at radius 1 is 1.10 bits per heavy atom. The van der Waals surface area contributed by atoms with Gasteiger partial charge in [0.05, 0.1) is 7.11 Å². The lowest BCUT2D eigenvalue weighted by Crippen LogP contribution is -2.21. The molecular formula is C18H20FNO. The summed E-state index contributed by atoms with van der Waals surface area (Å²) >= 11 is 0. The maximum Gasteiger partial charge on any atom is 0.179 e. The topological polar surface area (TPSA) is 12.5 Å². The fourth-order valence-corrected chi connectivity index (χ4v) is 3.07. The van der Waals surface area contributed by atoms with Gasteiger partial charge in [0.2, 0.25) is 0 Å². The van der Waals surface area contributed by atoms with E-state index >= 15 is 0 Å². The maximum absolute atomic E-state index is 14.7. The van der Waals surface area contributed by atoms with Crippen molar-refractivity contribution in [2.45, 2.75) is 18.6 Å². The molecule has 0 radical (unpaired) electrons. The highest BCUT2D eigenvalue weighted by Gasteiger charge is 2.29. The van der Waals surface area contributed by atoms with E-state index in [2.05, 4.69) is 12.1 Å². The molecule has 0 spiro atoms. The van der Waals surface area contributed by atoms with Crippen molar-refractivity contribution in [3.05, 3.63) is 65.2 Å². The van der Waals surface area contributed by atoms with Gasteiger partial charge in [-0.05, 0) is 36.7 Å². The number of hydrogen-bond donors (Lipinski definition) is 0. The first-order chi connectivity index (χ1) is 10.2. The molecule has 3 rings (SSSR count). The minimum absolute atomic E-state index is 0.232. The van der Waals surface area contributed by atoms with Crippen molar-refractivity contribution >= 4 is 0 Å². The number of rotatable bonds is 2. The van der Waals surface area contributed by atoms with Crippen molar-refractivity contribution in [3.63, 3.8) is 0 Å². The lowest BCUT2D eigenvalue weighted by atomic mass is 9.86. The van der Waals surface area contributed by atoms with Crippen LogP contribution in [0.4, 0.5) is 4.39 Å². The fraction of sp³-hybridized carbons (Fsp3) is 0.333. The zero-order chi connectivity index (χ0) is 14.8. The lowest BCUT2D eigenvalue weighted by Gasteiger charge is -2.20. The molecule has 1 heterocycles. The number of hydrogen-bond acceptors (Lipinski definition) is 2. The maximum atomic E-state index is 14.7. The quantitative estimate of drug-likeness (QED) is 0.769. The predicted octanol–water partition coefficient (Wildman–Crippen LogP) is 4.13. The van der Waals surface area contributed by atoms with Gasteiger partial charge in [-0.25, -0.2) is 4.39 Å². The Labute approximate surface area is 125 Å². The van der Waals surface area contributed by atoms with Gasteiger partial charge in [-0.2, -0.15) is 0 Å². The molecular weight excluding hydrogens is 265 g/mol. The summed E-state index contributed by atoms with van der Waals surface area (Å²) in [5.74, 6) is 0.939. The first-order valence-electron chi connectivity index (χ1n) is 7.28. The Morgan fingerprint density at radius 2 is 1.86 bits per heavy atom. The number of fused-ring (bicyclic) bond motifs is 1. The monoisotopic (exact) mass is 285 g/mol. The van der Waals surface area contributed by atoms with Crippen LogP contribution in [0, 0.1) is 0 Å². The molecule has 2 nitrogen and oxygen atoms in total. The van der Waals surface area contributed by atoms with Crippen molar-refractivity contribution in [2.24, 2.45) is 0 Å². The molecule has 0 aliphatic carbocycles. The van der Waals surface area contributed by atoms with Gasteiger partial charge in [-0.1, -0.05) is 36.4 Å². The molecule has 0 saturated carbocycles. The average molecular weight is 285 g/mol. The second-order valence-electron chi connectivity index (χ2n) is 5.56. The number of ether oxygens (including phenoxy) is 1. The van der Waals surface area contributed by atoms with Crippen LogP contribution in [-0.4, -0.2) is 25.6 Å². The van der Waals surface area contributed by atoms with Crippen LogP contribution in [-0.2, 0) is 0 Å². The van der Waals surface area contributed by atoms with Crippen LogP contribution >= 0.6 is 0 Å². The van der Waals surface area contributed by atoms with Crippen molar-refractivity contribution in [1.82, 2.24) is 4.90 Å². The van der Waals surface area contributed by atoms with E-state index in [4.69, 9.17) is 4.74 Å². The number of alkyl halides is 1. The number of nitrogens with zero attached hydrogens (tertiary/aromatic N) is 1. The zero-order valence-electron chi connectivity index (χ0n) is 12.4. The molecule has 0 aromatic heterocycles. The van der Waals surface area contributed by atoms with Crippen LogP contribution in [0.5, 0.6) is 5.75 Å². The summed E-state index contributed by atoms with van der Waals surface area (Å²) in [5, 5.41) is 0. The number of halogens is 1.